The summed E-state index contributed by atoms with van der Waals surface area (Å²) in [5, 5.41) is 2.56. The van der Waals surface area contributed by atoms with E-state index in [-0.39, 0.29) is 29.4 Å². The molecule has 2 aliphatic rings. The number of fused-ring (bicyclic) bond motifs is 1. The van der Waals surface area contributed by atoms with Crippen molar-refractivity contribution in [2.24, 2.45) is 11.8 Å². The molecule has 3 rings (SSSR count). The molecule has 0 bridgehead atoms. The van der Waals surface area contributed by atoms with Crippen molar-refractivity contribution < 1.29 is 28.7 Å². The number of ketones is 1. The molecule has 1 aliphatic carbocycles. The first-order valence-electron chi connectivity index (χ1n) is 10.2. The molecule has 1 saturated carbocycles. The van der Waals surface area contributed by atoms with Gasteiger partial charge < -0.3 is 10.1 Å². The number of amides is 3. The second-order valence-corrected chi connectivity index (χ2v) is 7.84. The van der Waals surface area contributed by atoms with Crippen LogP contribution in [0.5, 0.6) is 0 Å². The molecule has 8 heteroatoms. The van der Waals surface area contributed by atoms with Crippen LogP contribution in [0.2, 0.25) is 0 Å². The number of carbonyl (C=O) groups excluding carboxylic acids is 5. The van der Waals surface area contributed by atoms with Gasteiger partial charge in [0.25, 0.3) is 5.91 Å². The van der Waals surface area contributed by atoms with E-state index in [2.05, 4.69) is 5.32 Å². The molecule has 2 fully saturated rings. The number of nitrogens with zero attached hydrogens (tertiary/aromatic N) is 1. The zero-order valence-electron chi connectivity index (χ0n) is 17.0. The fraction of sp³-hybridized carbons (Fsp3) is 0.500. The van der Waals surface area contributed by atoms with Crippen molar-refractivity contribution in [3.63, 3.8) is 0 Å². The van der Waals surface area contributed by atoms with Crippen LogP contribution in [0.25, 0.3) is 0 Å². The Morgan fingerprint density at radius 3 is 2.23 bits per heavy atom. The van der Waals surface area contributed by atoms with E-state index in [4.69, 9.17) is 4.74 Å². The minimum Gasteiger partial charge on any atom is -0.454 e. The predicted molar refractivity (Wildman–Crippen MR) is 106 cm³/mol. The highest BCUT2D eigenvalue weighted by atomic mass is 16.5. The summed E-state index contributed by atoms with van der Waals surface area (Å²) < 4.78 is 4.94. The summed E-state index contributed by atoms with van der Waals surface area (Å²) in [4.78, 5) is 61.8. The number of rotatable bonds is 8. The maximum absolute atomic E-state index is 12.4. The first-order valence-corrected chi connectivity index (χ1v) is 10.2. The molecular weight excluding hydrogens is 388 g/mol. The van der Waals surface area contributed by atoms with Gasteiger partial charge in [-0.05, 0) is 31.7 Å². The first kappa shape index (κ1) is 21.7. The van der Waals surface area contributed by atoms with Gasteiger partial charge in [-0.3, -0.25) is 28.9 Å². The third-order valence-electron chi connectivity index (χ3n) is 5.69. The third kappa shape index (κ3) is 5.11. The molecule has 3 amide bonds. The minimum absolute atomic E-state index is 0.214. The number of carbonyl (C=O) groups is 5. The van der Waals surface area contributed by atoms with Crippen molar-refractivity contribution in [3.05, 3.63) is 35.9 Å². The number of esters is 1. The molecule has 160 valence electrons. The van der Waals surface area contributed by atoms with Crippen LogP contribution in [-0.4, -0.2) is 53.6 Å². The van der Waals surface area contributed by atoms with Crippen LogP contribution in [-0.2, 0) is 35.1 Å². The maximum Gasteiger partial charge on any atom is 0.326 e. The molecule has 0 aromatic heterocycles. The summed E-state index contributed by atoms with van der Waals surface area (Å²) >= 11 is 0. The van der Waals surface area contributed by atoms with Crippen LogP contribution >= 0.6 is 0 Å². The van der Waals surface area contributed by atoms with Gasteiger partial charge in [-0.2, -0.15) is 0 Å². The minimum atomic E-state index is -0.826. The zero-order chi connectivity index (χ0) is 21.7. The van der Waals surface area contributed by atoms with E-state index in [0.717, 1.165) is 23.3 Å². The smallest absolute Gasteiger partial charge is 0.326 e. The third-order valence-corrected chi connectivity index (χ3v) is 5.69. The highest BCUT2D eigenvalue weighted by Gasteiger charge is 2.48. The average molecular weight is 414 g/mol. The molecule has 1 aliphatic heterocycles. The monoisotopic (exact) mass is 414 g/mol. The van der Waals surface area contributed by atoms with Crippen LogP contribution < -0.4 is 5.32 Å². The molecular formula is C22H26N2O6. The second kappa shape index (κ2) is 9.65. The Balaban J connectivity index is 1.48. The van der Waals surface area contributed by atoms with Gasteiger partial charge in [-0.1, -0.05) is 43.2 Å². The predicted octanol–water partition coefficient (Wildman–Crippen LogP) is 1.02. The van der Waals surface area contributed by atoms with Gasteiger partial charge in [0.05, 0.1) is 17.9 Å². The molecule has 1 saturated heterocycles. The van der Waals surface area contributed by atoms with Crippen molar-refractivity contribution in [2.75, 3.05) is 13.2 Å². The summed E-state index contributed by atoms with van der Waals surface area (Å²) in [6.07, 6.45) is 3.46. The van der Waals surface area contributed by atoms with Gasteiger partial charge in [0.1, 0.15) is 6.54 Å². The lowest BCUT2D eigenvalue weighted by Crippen LogP contribution is -2.44. The van der Waals surface area contributed by atoms with Gasteiger partial charge in [0.2, 0.25) is 11.8 Å². The molecule has 3 atom stereocenters. The lowest BCUT2D eigenvalue weighted by atomic mass is 9.81. The van der Waals surface area contributed by atoms with E-state index < -0.39 is 31.1 Å². The molecule has 0 spiro atoms. The summed E-state index contributed by atoms with van der Waals surface area (Å²) in [5.74, 6) is -2.99. The van der Waals surface area contributed by atoms with E-state index in [1.54, 1.807) is 0 Å². The molecule has 0 radical (unpaired) electrons. The van der Waals surface area contributed by atoms with Crippen LogP contribution in [0.4, 0.5) is 0 Å². The summed E-state index contributed by atoms with van der Waals surface area (Å²) in [6.45, 7) is 0.308. The number of hydrogen-bond acceptors (Lipinski definition) is 6. The number of likely N-dealkylation sites (tertiary alicyclic amines) is 1. The van der Waals surface area contributed by atoms with Crippen LogP contribution in [0.3, 0.4) is 0 Å². The molecule has 1 heterocycles. The van der Waals surface area contributed by atoms with Crippen LogP contribution in [0, 0.1) is 11.8 Å². The van der Waals surface area contributed by atoms with E-state index in [9.17, 15) is 24.0 Å². The Bertz CT molecular complexity index is 813. The SMILES string of the molecule is CC(=O)[C@H](Cc1ccccc1)NC(=O)COC(=O)CN1C(=O)[C@H]2CCCC[C@@H]2C1=O. The lowest BCUT2D eigenvalue weighted by molar-refractivity contribution is -0.155. The van der Waals surface area contributed by atoms with E-state index >= 15 is 0 Å². The second-order valence-electron chi connectivity index (χ2n) is 7.84. The van der Waals surface area contributed by atoms with Crippen molar-refractivity contribution in [1.82, 2.24) is 10.2 Å². The highest BCUT2D eigenvalue weighted by molar-refractivity contribution is 6.07. The number of Topliss-reactive ketones (excluding diaryl/α,β-unsaturated/α-hetero) is 1. The molecule has 0 unspecified atom stereocenters. The fourth-order valence-corrected chi connectivity index (χ4v) is 4.09. The van der Waals surface area contributed by atoms with Gasteiger partial charge >= 0.3 is 5.97 Å². The Labute approximate surface area is 174 Å². The average Bonchev–Trinajstić information content (AvgIpc) is 2.97. The lowest BCUT2D eigenvalue weighted by Gasteiger charge is -2.19. The van der Waals surface area contributed by atoms with Gasteiger partial charge in [0, 0.05) is 0 Å². The summed E-state index contributed by atoms with van der Waals surface area (Å²) in [6, 6.07) is 8.51. The molecule has 1 aromatic carbocycles. The van der Waals surface area contributed by atoms with Gasteiger partial charge in [-0.25, -0.2) is 0 Å². The Hall–Kier alpha value is -3.03. The van der Waals surface area contributed by atoms with Crippen molar-refractivity contribution >= 4 is 29.5 Å². The van der Waals surface area contributed by atoms with Crippen molar-refractivity contribution in [3.8, 4) is 0 Å². The van der Waals surface area contributed by atoms with Gasteiger partial charge in [0.15, 0.2) is 12.4 Å². The van der Waals surface area contributed by atoms with Gasteiger partial charge in [-0.15, -0.1) is 0 Å². The van der Waals surface area contributed by atoms with Crippen LogP contribution in [0.1, 0.15) is 38.2 Å². The van der Waals surface area contributed by atoms with Crippen LogP contribution in [0.15, 0.2) is 30.3 Å². The largest absolute Gasteiger partial charge is 0.454 e. The number of nitrogens with one attached hydrogen (secondary N) is 1. The summed E-state index contributed by atoms with van der Waals surface area (Å²) in [7, 11) is 0. The van der Waals surface area contributed by atoms with E-state index in [1.807, 2.05) is 30.3 Å². The molecule has 1 N–H and O–H groups in total. The number of ether oxygens (including phenoxy) is 1. The molecule has 1 aromatic rings. The van der Waals surface area contributed by atoms with Crippen molar-refractivity contribution in [2.45, 2.75) is 45.1 Å². The maximum atomic E-state index is 12.4. The van der Waals surface area contributed by atoms with E-state index in [1.165, 1.54) is 6.92 Å². The standard InChI is InChI=1S/C22H26N2O6/c1-14(25)18(11-15-7-3-2-4-8-15)23-19(26)13-30-20(27)12-24-21(28)16-9-5-6-10-17(16)22(24)29/h2-4,7-8,16-18H,5-6,9-13H2,1H3,(H,23,26)/t16-,17-,18-/m0/s1. The summed E-state index contributed by atoms with van der Waals surface area (Å²) in [5.41, 5.74) is 0.891. The van der Waals surface area contributed by atoms with E-state index in [0.29, 0.717) is 19.3 Å². The fourth-order valence-electron chi connectivity index (χ4n) is 4.09. The number of imide groups is 1. The Morgan fingerprint density at radius 1 is 1.07 bits per heavy atom. The molecule has 8 nitrogen and oxygen atoms in total. The first-order chi connectivity index (χ1) is 14.4. The normalized spacial score (nSPS) is 21.7. The zero-order valence-corrected chi connectivity index (χ0v) is 17.0. The quantitative estimate of drug-likeness (QED) is 0.502. The van der Waals surface area contributed by atoms with Crippen molar-refractivity contribution in [1.29, 1.82) is 0 Å². The Kier molecular flexibility index (Phi) is 6.97. The Morgan fingerprint density at radius 2 is 1.67 bits per heavy atom. The topological polar surface area (TPSA) is 110 Å². The highest BCUT2D eigenvalue weighted by Crippen LogP contribution is 2.37. The molecule has 30 heavy (non-hydrogen) atoms. The number of hydrogen-bond donors (Lipinski definition) is 1. The number of benzene rings is 1.